The molecule has 1 rings (SSSR count). The monoisotopic (exact) mass is 255 g/mol. The fourth-order valence-electron chi connectivity index (χ4n) is 1.90. The molecule has 2 N–H and O–H groups in total. The number of nitrogens with two attached hydrogens (primary N) is 1. The Morgan fingerprint density at radius 2 is 2.00 bits per heavy atom. The molecule has 16 heavy (non-hydrogen) atoms. The molecule has 88 valence electrons. The van der Waals surface area contributed by atoms with Crippen molar-refractivity contribution < 1.29 is 9.59 Å². The molecule has 0 unspecified atom stereocenters. The number of hydrogen-bond acceptors (Lipinski definition) is 3. The van der Waals surface area contributed by atoms with Gasteiger partial charge < -0.3 is 5.73 Å². The maximum atomic E-state index is 11.4. The van der Waals surface area contributed by atoms with Crippen LogP contribution in [0.2, 0.25) is 19.6 Å². The second-order valence-corrected chi connectivity index (χ2v) is 10.8. The van der Waals surface area contributed by atoms with Crippen LogP contribution in [0.15, 0.2) is 0 Å². The lowest BCUT2D eigenvalue weighted by atomic mass is 10.2. The first-order chi connectivity index (χ1) is 7.32. The van der Waals surface area contributed by atoms with Gasteiger partial charge in [-0.15, -0.1) is 11.3 Å². The number of primary amides is 1. The summed E-state index contributed by atoms with van der Waals surface area (Å²) in [7, 11) is -1.65. The fourth-order valence-corrected chi connectivity index (χ4v) is 6.04. The normalized spacial score (nSPS) is 11.5. The SMILES string of the molecule is CCc1c(C=O)sc(C(N)=O)c1[Si](C)(C)C. The lowest BCUT2D eigenvalue weighted by Crippen LogP contribution is -2.43. The minimum atomic E-state index is -1.65. The summed E-state index contributed by atoms with van der Waals surface area (Å²) in [6, 6.07) is 0. The van der Waals surface area contributed by atoms with Crippen molar-refractivity contribution in [3.05, 3.63) is 15.3 Å². The summed E-state index contributed by atoms with van der Waals surface area (Å²) in [5.74, 6) is -0.412. The minimum Gasteiger partial charge on any atom is -0.365 e. The van der Waals surface area contributed by atoms with Gasteiger partial charge in [0.1, 0.15) is 0 Å². The Hall–Kier alpha value is -0.943. The predicted octanol–water partition coefficient (Wildman–Crippen LogP) is 1.77. The highest BCUT2D eigenvalue weighted by molar-refractivity contribution is 7.18. The Morgan fingerprint density at radius 3 is 2.31 bits per heavy atom. The van der Waals surface area contributed by atoms with E-state index >= 15 is 0 Å². The summed E-state index contributed by atoms with van der Waals surface area (Å²) in [5.41, 5.74) is 6.40. The zero-order valence-electron chi connectivity index (χ0n) is 10.1. The van der Waals surface area contributed by atoms with Crippen LogP contribution in [-0.4, -0.2) is 20.3 Å². The van der Waals surface area contributed by atoms with E-state index in [1.807, 2.05) is 6.92 Å². The second-order valence-electron chi connectivity index (χ2n) is 4.73. The third kappa shape index (κ3) is 2.25. The summed E-state index contributed by atoms with van der Waals surface area (Å²) in [6.45, 7) is 8.49. The lowest BCUT2D eigenvalue weighted by Gasteiger charge is -2.18. The predicted molar refractivity (Wildman–Crippen MR) is 70.6 cm³/mol. The van der Waals surface area contributed by atoms with Crippen LogP contribution in [0, 0.1) is 0 Å². The third-order valence-corrected chi connectivity index (χ3v) is 5.88. The first kappa shape index (κ1) is 13.1. The molecule has 0 aliphatic heterocycles. The van der Waals surface area contributed by atoms with Crippen molar-refractivity contribution in [1.29, 1.82) is 0 Å². The van der Waals surface area contributed by atoms with E-state index in [1.54, 1.807) is 0 Å². The summed E-state index contributed by atoms with van der Waals surface area (Å²) in [6.07, 6.45) is 1.61. The molecule has 0 spiro atoms. The van der Waals surface area contributed by atoms with Crippen LogP contribution < -0.4 is 10.9 Å². The molecule has 0 radical (unpaired) electrons. The molecule has 0 aliphatic rings. The van der Waals surface area contributed by atoms with Crippen LogP contribution in [-0.2, 0) is 6.42 Å². The van der Waals surface area contributed by atoms with Crippen molar-refractivity contribution in [1.82, 2.24) is 0 Å². The summed E-state index contributed by atoms with van der Waals surface area (Å²) in [5, 5.41) is 1.06. The molecule has 3 nitrogen and oxygen atoms in total. The number of rotatable bonds is 4. The van der Waals surface area contributed by atoms with Crippen LogP contribution in [0.3, 0.4) is 0 Å². The molecule has 0 aliphatic carbocycles. The standard InChI is InChI=1S/C11H17NO2SSi/c1-5-7-8(6-13)15-9(11(12)14)10(7)16(2,3)4/h6H,5H2,1-4H3,(H2,12,14). The van der Waals surface area contributed by atoms with Crippen LogP contribution in [0.4, 0.5) is 0 Å². The minimum absolute atomic E-state index is 0.412. The molecule has 0 saturated heterocycles. The Morgan fingerprint density at radius 1 is 1.44 bits per heavy atom. The van der Waals surface area contributed by atoms with Gasteiger partial charge in [-0.25, -0.2) is 0 Å². The molecule has 0 saturated carbocycles. The highest BCUT2D eigenvalue weighted by Crippen LogP contribution is 2.23. The number of hydrogen-bond donors (Lipinski definition) is 1. The van der Waals surface area contributed by atoms with Crippen molar-refractivity contribution in [2.75, 3.05) is 0 Å². The van der Waals surface area contributed by atoms with Gasteiger partial charge in [-0.2, -0.15) is 0 Å². The van der Waals surface area contributed by atoms with E-state index in [-0.39, 0.29) is 0 Å². The molecule has 5 heteroatoms. The quantitative estimate of drug-likeness (QED) is 0.658. The first-order valence-corrected chi connectivity index (χ1v) is 9.55. The number of thiophene rings is 1. The highest BCUT2D eigenvalue weighted by Gasteiger charge is 2.29. The Labute approximate surface area is 101 Å². The van der Waals surface area contributed by atoms with Gasteiger partial charge in [0.25, 0.3) is 5.91 Å². The van der Waals surface area contributed by atoms with E-state index in [0.29, 0.717) is 9.75 Å². The van der Waals surface area contributed by atoms with Gasteiger partial charge in [-0.3, -0.25) is 9.59 Å². The van der Waals surface area contributed by atoms with Crippen molar-refractivity contribution in [2.24, 2.45) is 5.73 Å². The smallest absolute Gasteiger partial charge is 0.258 e. The van der Waals surface area contributed by atoms with E-state index in [9.17, 15) is 9.59 Å². The van der Waals surface area contributed by atoms with Gasteiger partial charge >= 0.3 is 0 Å². The van der Waals surface area contributed by atoms with Crippen LogP contribution in [0.25, 0.3) is 0 Å². The maximum Gasteiger partial charge on any atom is 0.258 e. The molecule has 1 aromatic rings. The number of carbonyl (C=O) groups excluding carboxylic acids is 2. The van der Waals surface area contributed by atoms with Gasteiger partial charge in [-0.05, 0) is 17.2 Å². The van der Waals surface area contributed by atoms with Crippen molar-refractivity contribution in [3.8, 4) is 0 Å². The third-order valence-electron chi connectivity index (χ3n) is 2.47. The van der Waals surface area contributed by atoms with Crippen molar-refractivity contribution >= 4 is 36.8 Å². The van der Waals surface area contributed by atoms with Gasteiger partial charge in [0.15, 0.2) is 6.29 Å². The molecule has 1 heterocycles. The molecule has 0 atom stereocenters. The highest BCUT2D eigenvalue weighted by atomic mass is 32.1. The zero-order valence-corrected chi connectivity index (χ0v) is 11.9. The van der Waals surface area contributed by atoms with Crippen LogP contribution in [0.1, 0.15) is 31.8 Å². The Bertz CT molecular complexity index is 432. The van der Waals surface area contributed by atoms with Crippen LogP contribution in [0.5, 0.6) is 0 Å². The zero-order chi connectivity index (χ0) is 12.5. The topological polar surface area (TPSA) is 60.2 Å². The van der Waals surface area contributed by atoms with E-state index < -0.39 is 14.0 Å². The van der Waals surface area contributed by atoms with E-state index in [1.165, 1.54) is 11.3 Å². The molecule has 0 aromatic carbocycles. The largest absolute Gasteiger partial charge is 0.365 e. The Balaban J connectivity index is 3.58. The molecule has 0 fully saturated rings. The van der Waals surface area contributed by atoms with Gasteiger partial charge in [-0.1, -0.05) is 26.6 Å². The number of amides is 1. The average molecular weight is 255 g/mol. The van der Waals surface area contributed by atoms with Crippen molar-refractivity contribution in [3.63, 3.8) is 0 Å². The molecular formula is C11H17NO2SSi. The summed E-state index contributed by atoms with van der Waals surface area (Å²) in [4.78, 5) is 23.6. The van der Waals surface area contributed by atoms with Gasteiger partial charge in [0.2, 0.25) is 0 Å². The molecule has 1 amide bonds. The second kappa shape index (κ2) is 4.51. The molecule has 1 aromatic heterocycles. The maximum absolute atomic E-state index is 11.4. The number of carbonyl (C=O) groups is 2. The number of aldehydes is 1. The average Bonchev–Trinajstić information content (AvgIpc) is 2.55. The van der Waals surface area contributed by atoms with Gasteiger partial charge in [0.05, 0.1) is 17.8 Å². The van der Waals surface area contributed by atoms with Gasteiger partial charge in [0, 0.05) is 0 Å². The summed E-state index contributed by atoms with van der Waals surface area (Å²) < 4.78 is 0. The summed E-state index contributed by atoms with van der Waals surface area (Å²) >= 11 is 1.24. The fraction of sp³-hybridized carbons (Fsp3) is 0.455. The van der Waals surface area contributed by atoms with E-state index in [4.69, 9.17) is 5.73 Å². The molecule has 0 bridgehead atoms. The Kier molecular flexibility index (Phi) is 3.70. The molecular weight excluding hydrogens is 238 g/mol. The first-order valence-electron chi connectivity index (χ1n) is 5.24. The lowest BCUT2D eigenvalue weighted by molar-refractivity contribution is 0.100. The van der Waals surface area contributed by atoms with E-state index in [0.717, 1.165) is 23.5 Å². The van der Waals surface area contributed by atoms with Crippen LogP contribution >= 0.6 is 11.3 Å². The van der Waals surface area contributed by atoms with Crippen molar-refractivity contribution in [2.45, 2.75) is 33.0 Å². The van der Waals surface area contributed by atoms with E-state index in [2.05, 4.69) is 19.6 Å².